The van der Waals surface area contributed by atoms with Crippen molar-refractivity contribution < 1.29 is 9.18 Å². The molecule has 0 radical (unpaired) electrons. The summed E-state index contributed by atoms with van der Waals surface area (Å²) in [5, 5.41) is 11.5. The average molecular weight is 250 g/mol. The predicted octanol–water partition coefficient (Wildman–Crippen LogP) is 2.39. The normalized spacial score (nSPS) is 18.7. The molecule has 0 bridgehead atoms. The molecule has 2 rings (SSSR count). The molecule has 0 saturated carbocycles. The molecule has 1 N–H and O–H groups in total. The summed E-state index contributed by atoms with van der Waals surface area (Å²) in [5.41, 5.74) is 0.154. The van der Waals surface area contributed by atoms with Crippen molar-refractivity contribution in [3.05, 3.63) is 29.6 Å². The molecule has 1 saturated heterocycles. The fourth-order valence-corrected chi connectivity index (χ4v) is 2.94. The summed E-state index contributed by atoms with van der Waals surface area (Å²) in [6.45, 7) is 0. The topological polar surface area (TPSA) is 52.9 Å². The molecule has 0 aromatic heterocycles. The largest absolute Gasteiger partial charge is 0.325 e. The minimum Gasteiger partial charge on any atom is -0.325 e. The van der Waals surface area contributed by atoms with Crippen LogP contribution in [0.2, 0.25) is 0 Å². The van der Waals surface area contributed by atoms with Crippen LogP contribution in [0.3, 0.4) is 0 Å². The summed E-state index contributed by atoms with van der Waals surface area (Å²) in [6, 6.07) is 6.00. The Kier molecular flexibility index (Phi) is 3.64. The summed E-state index contributed by atoms with van der Waals surface area (Å²) < 4.78 is 13.3. The lowest BCUT2D eigenvalue weighted by atomic mass is 10.1. The SMILES string of the molecule is N#Cc1c(F)cccc1NC(=O)C1CCSC1. The molecule has 1 aromatic rings. The molecule has 17 heavy (non-hydrogen) atoms. The van der Waals surface area contributed by atoms with Crippen LogP contribution in [0.15, 0.2) is 18.2 Å². The Labute approximate surface area is 103 Å². The molecule has 1 atom stereocenters. The Bertz CT molecular complexity index is 478. The van der Waals surface area contributed by atoms with Crippen LogP contribution in [0.25, 0.3) is 0 Å². The third-order valence-electron chi connectivity index (χ3n) is 2.68. The van der Waals surface area contributed by atoms with Gasteiger partial charge in [-0.3, -0.25) is 4.79 Å². The molecular weight excluding hydrogens is 239 g/mol. The van der Waals surface area contributed by atoms with E-state index in [2.05, 4.69) is 5.32 Å². The molecule has 1 unspecified atom stereocenters. The number of hydrogen-bond donors (Lipinski definition) is 1. The predicted molar refractivity (Wildman–Crippen MR) is 65.2 cm³/mol. The molecule has 1 fully saturated rings. The second kappa shape index (κ2) is 5.19. The van der Waals surface area contributed by atoms with Crippen molar-refractivity contribution in [1.82, 2.24) is 0 Å². The monoisotopic (exact) mass is 250 g/mol. The fraction of sp³-hybridized carbons (Fsp3) is 0.333. The van der Waals surface area contributed by atoms with Crippen molar-refractivity contribution in [2.24, 2.45) is 5.92 Å². The van der Waals surface area contributed by atoms with Gasteiger partial charge in [0, 0.05) is 11.7 Å². The quantitative estimate of drug-likeness (QED) is 0.876. The number of carbonyl (C=O) groups excluding carboxylic acids is 1. The zero-order valence-corrected chi connectivity index (χ0v) is 9.89. The first kappa shape index (κ1) is 11.9. The van der Waals surface area contributed by atoms with Crippen LogP contribution in [0.1, 0.15) is 12.0 Å². The molecule has 1 aliphatic rings. The van der Waals surface area contributed by atoms with Gasteiger partial charge in [0.25, 0.3) is 0 Å². The standard InChI is InChI=1S/C12H11FN2OS/c13-10-2-1-3-11(9(10)6-14)15-12(16)8-4-5-17-7-8/h1-3,8H,4-5,7H2,(H,15,16). The number of nitriles is 1. The minimum absolute atomic E-state index is 0.0326. The third kappa shape index (κ3) is 2.59. The number of benzene rings is 1. The van der Waals surface area contributed by atoms with Crippen LogP contribution < -0.4 is 5.32 Å². The van der Waals surface area contributed by atoms with E-state index in [1.54, 1.807) is 23.9 Å². The van der Waals surface area contributed by atoms with Gasteiger partial charge in [0.1, 0.15) is 17.4 Å². The summed E-state index contributed by atoms with van der Waals surface area (Å²) >= 11 is 1.73. The fourth-order valence-electron chi connectivity index (χ4n) is 1.72. The minimum atomic E-state index is -0.605. The van der Waals surface area contributed by atoms with Gasteiger partial charge in [-0.15, -0.1) is 0 Å². The van der Waals surface area contributed by atoms with Gasteiger partial charge >= 0.3 is 0 Å². The number of carbonyl (C=O) groups is 1. The van der Waals surface area contributed by atoms with E-state index in [0.29, 0.717) is 0 Å². The van der Waals surface area contributed by atoms with Gasteiger partial charge in [-0.2, -0.15) is 17.0 Å². The van der Waals surface area contributed by atoms with E-state index < -0.39 is 5.82 Å². The zero-order chi connectivity index (χ0) is 12.3. The van der Waals surface area contributed by atoms with Gasteiger partial charge in [0.2, 0.25) is 5.91 Å². The van der Waals surface area contributed by atoms with Crippen LogP contribution in [-0.4, -0.2) is 17.4 Å². The maximum Gasteiger partial charge on any atom is 0.228 e. The van der Waals surface area contributed by atoms with Crippen LogP contribution in [-0.2, 0) is 4.79 Å². The molecule has 1 amide bonds. The first-order chi connectivity index (χ1) is 8.22. The van der Waals surface area contributed by atoms with Crippen LogP contribution in [0.5, 0.6) is 0 Å². The van der Waals surface area contributed by atoms with Gasteiger partial charge in [-0.05, 0) is 24.3 Å². The summed E-state index contributed by atoms with van der Waals surface area (Å²) in [7, 11) is 0. The maximum absolute atomic E-state index is 13.3. The molecule has 1 aromatic carbocycles. The zero-order valence-electron chi connectivity index (χ0n) is 9.07. The first-order valence-corrected chi connectivity index (χ1v) is 6.45. The molecule has 5 heteroatoms. The Morgan fingerprint density at radius 2 is 2.41 bits per heavy atom. The van der Waals surface area contributed by atoms with Gasteiger partial charge in [0.05, 0.1) is 5.69 Å². The lowest BCUT2D eigenvalue weighted by molar-refractivity contribution is -0.119. The number of rotatable bonds is 2. The third-order valence-corrected chi connectivity index (χ3v) is 3.85. The highest BCUT2D eigenvalue weighted by Gasteiger charge is 2.24. The van der Waals surface area contributed by atoms with Crippen molar-refractivity contribution in [3.63, 3.8) is 0 Å². The Balaban J connectivity index is 2.16. The smallest absolute Gasteiger partial charge is 0.228 e. The van der Waals surface area contributed by atoms with Crippen molar-refractivity contribution in [2.75, 3.05) is 16.8 Å². The molecule has 88 valence electrons. The highest BCUT2D eigenvalue weighted by atomic mass is 32.2. The van der Waals surface area contributed by atoms with Crippen molar-refractivity contribution in [3.8, 4) is 6.07 Å². The van der Waals surface area contributed by atoms with Gasteiger partial charge in [0.15, 0.2) is 0 Å². The van der Waals surface area contributed by atoms with Crippen molar-refractivity contribution in [2.45, 2.75) is 6.42 Å². The molecule has 0 aliphatic carbocycles. The molecule has 3 nitrogen and oxygen atoms in total. The Hall–Kier alpha value is -1.54. The highest BCUT2D eigenvalue weighted by Crippen LogP contribution is 2.25. The molecule has 1 aliphatic heterocycles. The van der Waals surface area contributed by atoms with Gasteiger partial charge in [-0.1, -0.05) is 6.07 Å². The maximum atomic E-state index is 13.3. The van der Waals surface area contributed by atoms with E-state index in [1.807, 2.05) is 0 Å². The van der Waals surface area contributed by atoms with E-state index in [1.165, 1.54) is 12.1 Å². The average Bonchev–Trinajstić information content (AvgIpc) is 2.82. The second-order valence-electron chi connectivity index (χ2n) is 3.82. The van der Waals surface area contributed by atoms with E-state index in [4.69, 9.17) is 5.26 Å². The lowest BCUT2D eigenvalue weighted by Crippen LogP contribution is -2.23. The van der Waals surface area contributed by atoms with Gasteiger partial charge in [-0.25, -0.2) is 4.39 Å². The van der Waals surface area contributed by atoms with E-state index in [0.717, 1.165) is 17.9 Å². The second-order valence-corrected chi connectivity index (χ2v) is 4.97. The number of halogens is 1. The number of hydrogen-bond acceptors (Lipinski definition) is 3. The number of nitrogens with zero attached hydrogens (tertiary/aromatic N) is 1. The number of nitrogens with one attached hydrogen (secondary N) is 1. The highest BCUT2D eigenvalue weighted by molar-refractivity contribution is 7.99. The van der Waals surface area contributed by atoms with Crippen LogP contribution in [0.4, 0.5) is 10.1 Å². The van der Waals surface area contributed by atoms with Crippen molar-refractivity contribution >= 4 is 23.4 Å². The summed E-state index contributed by atoms with van der Waals surface area (Å²) in [5.74, 6) is 1.01. The number of thioether (sulfide) groups is 1. The van der Waals surface area contributed by atoms with Gasteiger partial charge < -0.3 is 5.32 Å². The number of amides is 1. The van der Waals surface area contributed by atoms with Crippen LogP contribution >= 0.6 is 11.8 Å². The molecule has 1 heterocycles. The molecule has 0 spiro atoms. The lowest BCUT2D eigenvalue weighted by Gasteiger charge is -2.11. The summed E-state index contributed by atoms with van der Waals surface area (Å²) in [6.07, 6.45) is 0.841. The Morgan fingerprint density at radius 3 is 3.06 bits per heavy atom. The molecular formula is C12H11FN2OS. The summed E-state index contributed by atoms with van der Waals surface area (Å²) in [4.78, 5) is 11.8. The first-order valence-electron chi connectivity index (χ1n) is 5.29. The Morgan fingerprint density at radius 1 is 1.59 bits per heavy atom. The van der Waals surface area contributed by atoms with Crippen LogP contribution in [0, 0.1) is 23.1 Å². The van der Waals surface area contributed by atoms with E-state index in [9.17, 15) is 9.18 Å². The number of anilines is 1. The van der Waals surface area contributed by atoms with E-state index in [-0.39, 0.29) is 23.1 Å². The van der Waals surface area contributed by atoms with Crippen molar-refractivity contribution in [1.29, 1.82) is 5.26 Å². The van der Waals surface area contributed by atoms with E-state index >= 15 is 0 Å².